The van der Waals surface area contributed by atoms with Gasteiger partial charge in [-0.15, -0.1) is 0 Å². The molecule has 0 N–H and O–H groups in total. The first-order chi connectivity index (χ1) is 11.4. The predicted molar refractivity (Wildman–Crippen MR) is 94.6 cm³/mol. The molecule has 8 atom stereocenters. The maximum absolute atomic E-state index is 12.2. The Morgan fingerprint density at radius 1 is 0.917 bits per heavy atom. The molecule has 4 saturated carbocycles. The number of hydrogen-bond acceptors (Lipinski definition) is 2. The molecule has 5 fully saturated rings. The van der Waals surface area contributed by atoms with Crippen molar-refractivity contribution in [1.29, 1.82) is 0 Å². The Morgan fingerprint density at radius 2 is 1.67 bits per heavy atom. The zero-order chi connectivity index (χ0) is 16.7. The maximum atomic E-state index is 12.2. The Kier molecular flexibility index (Phi) is 3.22. The predicted octanol–water partition coefficient (Wildman–Crippen LogP) is 5.00. The lowest BCUT2D eigenvalue weighted by Gasteiger charge is -2.61. The van der Waals surface area contributed by atoms with Gasteiger partial charge in [0, 0.05) is 5.92 Å². The van der Waals surface area contributed by atoms with Crippen LogP contribution in [0, 0.1) is 40.4 Å². The topological polar surface area (TPSA) is 29.6 Å². The van der Waals surface area contributed by atoms with Crippen LogP contribution in [0.15, 0.2) is 0 Å². The van der Waals surface area contributed by atoms with Gasteiger partial charge in [0.2, 0.25) is 0 Å². The van der Waals surface area contributed by atoms with Gasteiger partial charge in [0.25, 0.3) is 0 Å². The highest BCUT2D eigenvalue weighted by Gasteiger charge is 2.63. The molecule has 4 aliphatic carbocycles. The Labute approximate surface area is 147 Å². The second kappa shape index (κ2) is 4.87. The number of rotatable bonds is 1. The molecule has 2 nitrogen and oxygen atoms in total. The fourth-order valence-corrected chi connectivity index (χ4v) is 8.34. The lowest BCUT2D eigenvalue weighted by Crippen LogP contribution is -2.54. The number of carbonyl (C=O) groups is 1. The summed E-state index contributed by atoms with van der Waals surface area (Å²) in [6, 6.07) is 0. The van der Waals surface area contributed by atoms with Gasteiger partial charge in [-0.25, -0.2) is 0 Å². The minimum atomic E-state index is 0.311. The molecule has 0 aromatic rings. The second-order valence-corrected chi connectivity index (χ2v) is 10.6. The van der Waals surface area contributed by atoms with Crippen LogP contribution in [0.2, 0.25) is 0 Å². The number of ketones is 1. The summed E-state index contributed by atoms with van der Waals surface area (Å²) in [6.45, 7) is 7.98. The van der Waals surface area contributed by atoms with Gasteiger partial charge in [0.15, 0.2) is 0 Å². The summed E-state index contributed by atoms with van der Waals surface area (Å²) in [5, 5.41) is 0. The molecule has 3 unspecified atom stereocenters. The number of hydrogen-bond donors (Lipinski definition) is 0. The van der Waals surface area contributed by atoms with Crippen molar-refractivity contribution in [2.75, 3.05) is 6.61 Å². The molecule has 134 valence electrons. The Morgan fingerprint density at radius 3 is 2.38 bits per heavy atom. The van der Waals surface area contributed by atoms with Gasteiger partial charge in [-0.2, -0.15) is 0 Å². The van der Waals surface area contributed by atoms with E-state index in [0.29, 0.717) is 28.1 Å². The van der Waals surface area contributed by atoms with Gasteiger partial charge in [-0.05, 0) is 99.2 Å². The van der Waals surface area contributed by atoms with Crippen molar-refractivity contribution < 1.29 is 9.53 Å². The molecule has 0 amide bonds. The van der Waals surface area contributed by atoms with Crippen molar-refractivity contribution in [3.05, 3.63) is 0 Å². The van der Waals surface area contributed by atoms with E-state index in [0.717, 1.165) is 36.7 Å². The van der Waals surface area contributed by atoms with E-state index in [2.05, 4.69) is 13.8 Å². The lowest BCUT2D eigenvalue weighted by molar-refractivity contribution is -0.136. The SMILES string of the molecule is CC(=O)[C@H]1CCC2[C@@H]3CCC4C[C@]5(CC[C@]4(C)C3CC[C@@]21C)CO5. The van der Waals surface area contributed by atoms with Crippen molar-refractivity contribution in [3.8, 4) is 0 Å². The van der Waals surface area contributed by atoms with Gasteiger partial charge < -0.3 is 4.74 Å². The molecule has 1 spiro atoms. The first-order valence-corrected chi connectivity index (χ1v) is 10.5. The third-order valence-corrected chi connectivity index (χ3v) is 9.85. The average Bonchev–Trinajstić information content (AvgIpc) is 3.19. The number of epoxide rings is 1. The van der Waals surface area contributed by atoms with Crippen LogP contribution in [0.25, 0.3) is 0 Å². The van der Waals surface area contributed by atoms with Crippen molar-refractivity contribution >= 4 is 5.78 Å². The van der Waals surface area contributed by atoms with E-state index in [1.165, 1.54) is 51.4 Å². The largest absolute Gasteiger partial charge is 0.370 e. The van der Waals surface area contributed by atoms with Crippen LogP contribution in [0.3, 0.4) is 0 Å². The molecule has 1 heterocycles. The van der Waals surface area contributed by atoms with E-state index in [1.54, 1.807) is 0 Å². The summed E-state index contributed by atoms with van der Waals surface area (Å²) < 4.78 is 5.86. The molecule has 2 heteroatoms. The van der Waals surface area contributed by atoms with E-state index in [4.69, 9.17) is 4.74 Å². The van der Waals surface area contributed by atoms with Crippen LogP contribution < -0.4 is 0 Å². The summed E-state index contributed by atoms with van der Waals surface area (Å²) >= 11 is 0. The van der Waals surface area contributed by atoms with Gasteiger partial charge in [-0.1, -0.05) is 13.8 Å². The van der Waals surface area contributed by atoms with Crippen LogP contribution in [0.5, 0.6) is 0 Å². The summed E-state index contributed by atoms with van der Waals surface area (Å²) in [7, 11) is 0. The van der Waals surface area contributed by atoms with Crippen LogP contribution in [-0.2, 0) is 9.53 Å². The number of Topliss-reactive ketones (excluding diaryl/α,β-unsaturated/α-hetero) is 1. The molecule has 0 bridgehead atoms. The fraction of sp³-hybridized carbons (Fsp3) is 0.955. The quantitative estimate of drug-likeness (QED) is 0.633. The van der Waals surface area contributed by atoms with E-state index in [-0.39, 0.29) is 0 Å². The molecule has 0 radical (unpaired) electrons. The van der Waals surface area contributed by atoms with E-state index < -0.39 is 0 Å². The molecule has 5 rings (SSSR count). The van der Waals surface area contributed by atoms with Crippen molar-refractivity contribution in [1.82, 2.24) is 0 Å². The molecule has 24 heavy (non-hydrogen) atoms. The van der Waals surface area contributed by atoms with E-state index in [9.17, 15) is 4.79 Å². The molecule has 5 aliphatic rings. The maximum Gasteiger partial charge on any atom is 0.133 e. The van der Waals surface area contributed by atoms with Gasteiger partial charge in [-0.3, -0.25) is 4.79 Å². The minimum Gasteiger partial charge on any atom is -0.370 e. The van der Waals surface area contributed by atoms with Crippen molar-refractivity contribution in [3.63, 3.8) is 0 Å². The summed E-state index contributed by atoms with van der Waals surface area (Å²) in [5.41, 5.74) is 1.18. The molecule has 1 aliphatic heterocycles. The van der Waals surface area contributed by atoms with Crippen LogP contribution >= 0.6 is 0 Å². The summed E-state index contributed by atoms with van der Waals surface area (Å²) in [5.74, 6) is 4.33. The molecular weight excluding hydrogens is 296 g/mol. The molecule has 0 aromatic carbocycles. The Balaban J connectivity index is 1.43. The highest BCUT2D eigenvalue weighted by molar-refractivity contribution is 5.79. The minimum absolute atomic E-state index is 0.311. The highest BCUT2D eigenvalue weighted by Crippen LogP contribution is 2.68. The monoisotopic (exact) mass is 330 g/mol. The first-order valence-electron chi connectivity index (χ1n) is 10.5. The molecule has 0 aromatic heterocycles. The van der Waals surface area contributed by atoms with Gasteiger partial charge in [0.05, 0.1) is 12.2 Å². The fourth-order valence-electron chi connectivity index (χ4n) is 8.34. The second-order valence-electron chi connectivity index (χ2n) is 10.6. The number of carbonyl (C=O) groups excluding carboxylic acids is 1. The van der Waals surface area contributed by atoms with Crippen LogP contribution in [0.1, 0.15) is 78.6 Å². The van der Waals surface area contributed by atoms with Crippen LogP contribution in [0.4, 0.5) is 0 Å². The third-order valence-electron chi connectivity index (χ3n) is 9.85. The lowest BCUT2D eigenvalue weighted by atomic mass is 9.44. The first kappa shape index (κ1) is 15.9. The molecular formula is C22H34O2. The summed E-state index contributed by atoms with van der Waals surface area (Å²) in [6.07, 6.45) is 12.0. The number of fused-ring (bicyclic) bond motifs is 5. The zero-order valence-corrected chi connectivity index (χ0v) is 15.8. The van der Waals surface area contributed by atoms with Crippen molar-refractivity contribution in [2.24, 2.45) is 40.4 Å². The standard InChI is InChI=1S/C22H34O2/c1-14(23)17-6-7-18-16-5-4-15-12-22(13-24-22)11-10-20(15,2)19(16)8-9-21(17,18)3/h15-19H,4-13H2,1-3H3/t15?,16-,17+,18?,19?,20-,21+,22+/m0/s1. The van der Waals surface area contributed by atoms with E-state index >= 15 is 0 Å². The highest BCUT2D eigenvalue weighted by atomic mass is 16.6. The van der Waals surface area contributed by atoms with Crippen molar-refractivity contribution in [2.45, 2.75) is 84.2 Å². The van der Waals surface area contributed by atoms with Crippen LogP contribution in [-0.4, -0.2) is 18.0 Å². The normalized spacial score (nSPS) is 58.7. The Bertz CT molecular complexity index is 564. The van der Waals surface area contributed by atoms with Gasteiger partial charge in [0.1, 0.15) is 5.78 Å². The third kappa shape index (κ3) is 1.95. The van der Waals surface area contributed by atoms with E-state index in [1.807, 2.05) is 6.92 Å². The summed E-state index contributed by atoms with van der Waals surface area (Å²) in [4.78, 5) is 12.2. The van der Waals surface area contributed by atoms with Gasteiger partial charge >= 0.3 is 0 Å². The smallest absolute Gasteiger partial charge is 0.133 e. The Hall–Kier alpha value is -0.370. The molecule has 1 saturated heterocycles. The average molecular weight is 331 g/mol. The number of ether oxygens (including phenoxy) is 1. The zero-order valence-electron chi connectivity index (χ0n) is 15.8.